The fourth-order valence-electron chi connectivity index (χ4n) is 4.01. The molecular formula is C31H27F3O4. The first-order valence-electron chi connectivity index (χ1n) is 12.2. The lowest BCUT2D eigenvalue weighted by molar-refractivity contribution is 0.0328. The molecule has 1 aliphatic rings. The number of carbonyl (C=O) groups excluding carboxylic acids is 1. The maximum Gasteiger partial charge on any atom is 0.338 e. The van der Waals surface area contributed by atoms with Crippen molar-refractivity contribution < 1.29 is 32.5 Å². The minimum Gasteiger partial charge on any atom is -0.494 e. The number of esters is 1. The molecule has 2 unspecified atom stereocenters. The van der Waals surface area contributed by atoms with Crippen LogP contribution in [0.15, 0.2) is 97.1 Å². The van der Waals surface area contributed by atoms with Gasteiger partial charge in [0.25, 0.3) is 0 Å². The standard InChI is InChI=1S/C31H27F3O4/c1-3-4-17-37-24-13-16-28(27(32)18-24)38-31(36)23-11-9-22(10-12-23)26-15-14-25(29(33)30(26)34)21-7-5-20(6-8-21)19(2)35/h3,5-15,18-19,28,35H,1,4,16-17H2,2H3. The topological polar surface area (TPSA) is 55.8 Å². The molecular weight excluding hydrogens is 493 g/mol. The molecule has 0 radical (unpaired) electrons. The van der Waals surface area contributed by atoms with Crippen LogP contribution >= 0.6 is 0 Å². The zero-order valence-electron chi connectivity index (χ0n) is 20.8. The van der Waals surface area contributed by atoms with Crippen LogP contribution in [0.3, 0.4) is 0 Å². The van der Waals surface area contributed by atoms with Crippen LogP contribution in [0, 0.1) is 11.6 Å². The lowest BCUT2D eigenvalue weighted by Gasteiger charge is -2.19. The van der Waals surface area contributed by atoms with Crippen molar-refractivity contribution >= 4 is 5.97 Å². The van der Waals surface area contributed by atoms with Crippen molar-refractivity contribution in [3.8, 4) is 22.3 Å². The van der Waals surface area contributed by atoms with Gasteiger partial charge in [-0.3, -0.25) is 0 Å². The number of allylic oxidation sites excluding steroid dienone is 1. The van der Waals surface area contributed by atoms with Crippen LogP contribution in [-0.4, -0.2) is 23.8 Å². The number of carbonyl (C=O) groups is 1. The zero-order chi connectivity index (χ0) is 27.2. The van der Waals surface area contributed by atoms with Gasteiger partial charge in [0.1, 0.15) is 11.6 Å². The van der Waals surface area contributed by atoms with Gasteiger partial charge in [-0.25, -0.2) is 18.0 Å². The van der Waals surface area contributed by atoms with Gasteiger partial charge in [-0.1, -0.05) is 54.6 Å². The van der Waals surface area contributed by atoms with Gasteiger partial charge in [0.05, 0.1) is 18.3 Å². The van der Waals surface area contributed by atoms with E-state index in [-0.39, 0.29) is 23.1 Å². The Morgan fingerprint density at radius 1 is 1.00 bits per heavy atom. The van der Waals surface area contributed by atoms with Gasteiger partial charge in [-0.2, -0.15) is 0 Å². The van der Waals surface area contributed by atoms with Crippen LogP contribution in [0.1, 0.15) is 41.8 Å². The van der Waals surface area contributed by atoms with Gasteiger partial charge in [-0.15, -0.1) is 6.58 Å². The van der Waals surface area contributed by atoms with E-state index in [1.54, 1.807) is 43.3 Å². The minimum absolute atomic E-state index is 0.0298. The molecule has 2 atom stereocenters. The summed E-state index contributed by atoms with van der Waals surface area (Å²) in [4.78, 5) is 12.6. The lowest BCUT2D eigenvalue weighted by atomic mass is 9.97. The maximum absolute atomic E-state index is 15.0. The molecule has 0 amide bonds. The zero-order valence-corrected chi connectivity index (χ0v) is 20.8. The molecule has 0 fully saturated rings. The lowest BCUT2D eigenvalue weighted by Crippen LogP contribution is -2.21. The van der Waals surface area contributed by atoms with Crippen molar-refractivity contribution in [3.63, 3.8) is 0 Å². The SMILES string of the molecule is C=CCCOC1=CCC(OC(=O)c2ccc(-c3ccc(-c4ccc(C(C)O)cc4)c(F)c3F)cc2)C(F)=C1. The molecule has 3 aromatic rings. The van der Waals surface area contributed by atoms with Crippen molar-refractivity contribution in [2.75, 3.05) is 6.61 Å². The normalized spacial score (nSPS) is 15.8. The molecule has 4 rings (SSSR count). The fraction of sp³-hybridized carbons (Fsp3) is 0.194. The van der Waals surface area contributed by atoms with Crippen molar-refractivity contribution in [3.05, 3.63) is 120 Å². The van der Waals surface area contributed by atoms with E-state index >= 15 is 4.39 Å². The van der Waals surface area contributed by atoms with E-state index < -0.39 is 35.6 Å². The second kappa shape index (κ2) is 12.0. The third-order valence-electron chi connectivity index (χ3n) is 6.18. The average molecular weight is 521 g/mol. The first kappa shape index (κ1) is 26.9. The van der Waals surface area contributed by atoms with Gasteiger partial charge >= 0.3 is 5.97 Å². The number of benzene rings is 3. The monoisotopic (exact) mass is 520 g/mol. The quantitative estimate of drug-likeness (QED) is 0.179. The maximum atomic E-state index is 15.0. The Balaban J connectivity index is 1.44. The summed E-state index contributed by atoms with van der Waals surface area (Å²) < 4.78 is 55.1. The summed E-state index contributed by atoms with van der Waals surface area (Å²) in [6, 6.07) is 15.3. The van der Waals surface area contributed by atoms with Crippen molar-refractivity contribution in [2.24, 2.45) is 0 Å². The van der Waals surface area contributed by atoms with E-state index in [4.69, 9.17) is 9.47 Å². The highest BCUT2D eigenvalue weighted by molar-refractivity contribution is 5.90. The molecule has 0 spiro atoms. The Morgan fingerprint density at radius 3 is 2.11 bits per heavy atom. The Labute approximate surface area is 219 Å². The molecule has 0 bridgehead atoms. The summed E-state index contributed by atoms with van der Waals surface area (Å²) in [5.41, 5.74) is 1.78. The molecule has 1 aliphatic carbocycles. The number of halogens is 3. The largest absolute Gasteiger partial charge is 0.494 e. The molecule has 0 heterocycles. The van der Waals surface area contributed by atoms with Crippen LogP contribution < -0.4 is 0 Å². The molecule has 0 saturated heterocycles. The summed E-state index contributed by atoms with van der Waals surface area (Å²) in [7, 11) is 0. The number of ether oxygens (including phenoxy) is 2. The molecule has 38 heavy (non-hydrogen) atoms. The summed E-state index contributed by atoms with van der Waals surface area (Å²) in [6.45, 7) is 5.59. The van der Waals surface area contributed by atoms with Crippen LogP contribution in [0.5, 0.6) is 0 Å². The van der Waals surface area contributed by atoms with Crippen LogP contribution in [0.4, 0.5) is 13.2 Å². The third-order valence-corrected chi connectivity index (χ3v) is 6.18. The van der Waals surface area contributed by atoms with E-state index in [1.165, 1.54) is 42.5 Å². The highest BCUT2D eigenvalue weighted by Crippen LogP contribution is 2.32. The van der Waals surface area contributed by atoms with E-state index in [0.717, 1.165) is 0 Å². The summed E-state index contributed by atoms with van der Waals surface area (Å²) in [6.07, 6.45) is 3.56. The highest BCUT2D eigenvalue weighted by atomic mass is 19.2. The van der Waals surface area contributed by atoms with Gasteiger partial charge in [-0.05, 0) is 48.2 Å². The van der Waals surface area contributed by atoms with Crippen molar-refractivity contribution in [2.45, 2.75) is 32.0 Å². The second-order valence-corrected chi connectivity index (χ2v) is 8.86. The van der Waals surface area contributed by atoms with E-state index in [9.17, 15) is 18.7 Å². The van der Waals surface area contributed by atoms with Gasteiger partial charge in [0.15, 0.2) is 17.7 Å². The summed E-state index contributed by atoms with van der Waals surface area (Å²) in [5.74, 6) is -3.01. The van der Waals surface area contributed by atoms with Crippen LogP contribution in [0.25, 0.3) is 22.3 Å². The molecule has 0 aliphatic heterocycles. The highest BCUT2D eigenvalue weighted by Gasteiger charge is 2.24. The summed E-state index contributed by atoms with van der Waals surface area (Å²) >= 11 is 0. The number of hydrogen-bond donors (Lipinski definition) is 1. The second-order valence-electron chi connectivity index (χ2n) is 8.86. The molecule has 1 N–H and O–H groups in total. The predicted octanol–water partition coefficient (Wildman–Crippen LogP) is 7.61. The molecule has 4 nitrogen and oxygen atoms in total. The van der Waals surface area contributed by atoms with E-state index in [2.05, 4.69) is 6.58 Å². The van der Waals surface area contributed by atoms with Crippen molar-refractivity contribution in [1.29, 1.82) is 0 Å². The first-order chi connectivity index (χ1) is 18.3. The molecule has 3 aromatic carbocycles. The van der Waals surface area contributed by atoms with E-state index in [1.807, 2.05) is 0 Å². The summed E-state index contributed by atoms with van der Waals surface area (Å²) in [5, 5.41) is 9.65. The molecule has 196 valence electrons. The number of aliphatic hydroxyl groups excluding tert-OH is 1. The smallest absolute Gasteiger partial charge is 0.338 e. The molecule has 0 saturated carbocycles. The van der Waals surface area contributed by atoms with Gasteiger partial charge in [0.2, 0.25) is 0 Å². The first-order valence-corrected chi connectivity index (χ1v) is 12.2. The molecule has 0 aromatic heterocycles. The Morgan fingerprint density at radius 2 is 1.58 bits per heavy atom. The Hall–Kier alpha value is -4.10. The predicted molar refractivity (Wildman–Crippen MR) is 140 cm³/mol. The van der Waals surface area contributed by atoms with Gasteiger partial charge in [0, 0.05) is 23.6 Å². The Kier molecular flexibility index (Phi) is 8.48. The third kappa shape index (κ3) is 6.06. The number of rotatable bonds is 9. The fourth-order valence-corrected chi connectivity index (χ4v) is 4.01. The minimum atomic E-state index is -1.07. The van der Waals surface area contributed by atoms with Crippen LogP contribution in [-0.2, 0) is 9.47 Å². The number of aliphatic hydroxyl groups is 1. The number of hydrogen-bond acceptors (Lipinski definition) is 4. The molecule has 7 heteroatoms. The average Bonchev–Trinajstić information content (AvgIpc) is 2.92. The Bertz CT molecular complexity index is 1370. The van der Waals surface area contributed by atoms with Crippen LogP contribution in [0.2, 0.25) is 0 Å². The van der Waals surface area contributed by atoms with Crippen molar-refractivity contribution in [1.82, 2.24) is 0 Å². The van der Waals surface area contributed by atoms with Gasteiger partial charge < -0.3 is 14.6 Å². The van der Waals surface area contributed by atoms with E-state index in [0.29, 0.717) is 35.5 Å².